The van der Waals surface area contributed by atoms with E-state index < -0.39 is 11.5 Å². The van der Waals surface area contributed by atoms with Crippen LogP contribution in [0.5, 0.6) is 0 Å². The molecule has 0 unspecified atom stereocenters. The molecule has 1 aromatic heterocycles. The normalized spacial score (nSPS) is 10.6. The molecule has 0 bridgehead atoms. The van der Waals surface area contributed by atoms with Crippen LogP contribution in [0.25, 0.3) is 11.3 Å². The minimum atomic E-state index is -1.18. The summed E-state index contributed by atoms with van der Waals surface area (Å²) in [6.07, 6.45) is 0.765. The Morgan fingerprint density at radius 1 is 1.19 bits per heavy atom. The van der Waals surface area contributed by atoms with Gasteiger partial charge in [0.2, 0.25) is 0 Å². The number of rotatable bonds is 4. The molecule has 4 heteroatoms. The lowest BCUT2D eigenvalue weighted by molar-refractivity contribution is 0.0694. The maximum atomic E-state index is 12.4. The number of nitrogens with zero attached hydrogens (tertiary/aromatic N) is 1. The first-order valence-corrected chi connectivity index (χ1v) is 7.00. The van der Waals surface area contributed by atoms with Gasteiger partial charge in [0.15, 0.2) is 0 Å². The van der Waals surface area contributed by atoms with Crippen LogP contribution in [0, 0.1) is 13.8 Å². The first-order valence-electron chi connectivity index (χ1n) is 7.00. The van der Waals surface area contributed by atoms with Crippen LogP contribution in [0.4, 0.5) is 0 Å². The average molecular weight is 285 g/mol. The number of pyridine rings is 1. The van der Waals surface area contributed by atoms with Gasteiger partial charge in [-0.2, -0.15) is 0 Å². The standard InChI is InChI=1S/C17H19NO3/c1-4-9-18-15(8-7-13(16(18)19)17(20)21)14-10-11(2)5-6-12(14)3/h5-8,10H,4,9H2,1-3H3,(H,20,21). The second-order valence-corrected chi connectivity index (χ2v) is 5.21. The van der Waals surface area contributed by atoms with Gasteiger partial charge in [0.1, 0.15) is 5.56 Å². The third-order valence-corrected chi connectivity index (χ3v) is 3.52. The number of aromatic nitrogens is 1. The predicted octanol–water partition coefficient (Wildman–Crippen LogP) is 3.24. The molecule has 0 saturated carbocycles. The van der Waals surface area contributed by atoms with E-state index in [2.05, 4.69) is 0 Å². The van der Waals surface area contributed by atoms with Crippen LogP contribution < -0.4 is 5.56 Å². The van der Waals surface area contributed by atoms with Gasteiger partial charge in [-0.15, -0.1) is 0 Å². The first kappa shape index (κ1) is 15.0. The lowest BCUT2D eigenvalue weighted by atomic mass is 10.0. The Hall–Kier alpha value is -2.36. The molecule has 0 fully saturated rings. The van der Waals surface area contributed by atoms with Crippen LogP contribution in [-0.4, -0.2) is 15.6 Å². The minimum absolute atomic E-state index is 0.183. The maximum Gasteiger partial charge on any atom is 0.341 e. The minimum Gasteiger partial charge on any atom is -0.477 e. The molecule has 2 aromatic rings. The van der Waals surface area contributed by atoms with Gasteiger partial charge in [0.05, 0.1) is 5.69 Å². The summed E-state index contributed by atoms with van der Waals surface area (Å²) in [5.74, 6) is -1.18. The van der Waals surface area contributed by atoms with E-state index in [1.807, 2.05) is 39.0 Å². The number of hydrogen-bond acceptors (Lipinski definition) is 2. The summed E-state index contributed by atoms with van der Waals surface area (Å²) in [5, 5.41) is 9.11. The van der Waals surface area contributed by atoms with E-state index in [0.717, 1.165) is 28.8 Å². The third-order valence-electron chi connectivity index (χ3n) is 3.52. The summed E-state index contributed by atoms with van der Waals surface area (Å²) in [6, 6.07) is 9.18. The quantitative estimate of drug-likeness (QED) is 0.938. The Morgan fingerprint density at radius 3 is 2.52 bits per heavy atom. The van der Waals surface area contributed by atoms with Crippen molar-refractivity contribution in [1.82, 2.24) is 4.57 Å². The monoisotopic (exact) mass is 285 g/mol. The number of hydrogen-bond donors (Lipinski definition) is 1. The van der Waals surface area contributed by atoms with E-state index in [4.69, 9.17) is 5.11 Å². The van der Waals surface area contributed by atoms with E-state index in [1.54, 1.807) is 10.6 Å². The molecule has 0 spiro atoms. The Labute approximate surface area is 123 Å². The van der Waals surface area contributed by atoms with Crippen molar-refractivity contribution in [2.45, 2.75) is 33.7 Å². The van der Waals surface area contributed by atoms with E-state index in [9.17, 15) is 9.59 Å². The Morgan fingerprint density at radius 2 is 1.90 bits per heavy atom. The number of benzene rings is 1. The smallest absolute Gasteiger partial charge is 0.341 e. The summed E-state index contributed by atoms with van der Waals surface area (Å²) in [7, 11) is 0. The molecule has 0 saturated heterocycles. The highest BCUT2D eigenvalue weighted by Gasteiger charge is 2.15. The van der Waals surface area contributed by atoms with Crippen molar-refractivity contribution >= 4 is 5.97 Å². The van der Waals surface area contributed by atoms with Gasteiger partial charge in [0, 0.05) is 12.1 Å². The van der Waals surface area contributed by atoms with Crippen molar-refractivity contribution < 1.29 is 9.90 Å². The summed E-state index contributed by atoms with van der Waals surface area (Å²) in [6.45, 7) is 6.45. The molecule has 21 heavy (non-hydrogen) atoms. The fraction of sp³-hybridized carbons (Fsp3) is 0.294. The second kappa shape index (κ2) is 5.95. The van der Waals surface area contributed by atoms with Crippen molar-refractivity contribution in [3.8, 4) is 11.3 Å². The Bertz CT molecular complexity index is 744. The number of carboxylic acid groups (broad SMARTS) is 1. The van der Waals surface area contributed by atoms with Crippen molar-refractivity contribution in [2.24, 2.45) is 0 Å². The van der Waals surface area contributed by atoms with Crippen LogP contribution in [0.2, 0.25) is 0 Å². The van der Waals surface area contributed by atoms with Gasteiger partial charge in [0.25, 0.3) is 5.56 Å². The first-order chi connectivity index (χ1) is 9.95. The highest BCUT2D eigenvalue weighted by atomic mass is 16.4. The molecule has 0 radical (unpaired) electrons. The summed E-state index contributed by atoms with van der Waals surface area (Å²) in [5.41, 5.74) is 3.28. The molecular weight excluding hydrogens is 266 g/mol. The highest BCUT2D eigenvalue weighted by molar-refractivity contribution is 5.87. The maximum absolute atomic E-state index is 12.4. The fourth-order valence-corrected chi connectivity index (χ4v) is 2.43. The van der Waals surface area contributed by atoms with Gasteiger partial charge < -0.3 is 9.67 Å². The molecule has 0 aliphatic carbocycles. The zero-order valence-electron chi connectivity index (χ0n) is 12.5. The van der Waals surface area contributed by atoms with Crippen LogP contribution in [0.1, 0.15) is 34.8 Å². The topological polar surface area (TPSA) is 59.3 Å². The molecule has 0 atom stereocenters. The number of carbonyl (C=O) groups is 1. The number of aryl methyl sites for hydroxylation is 2. The van der Waals surface area contributed by atoms with E-state index in [1.165, 1.54) is 6.07 Å². The summed E-state index contributed by atoms with van der Waals surface area (Å²) >= 11 is 0. The molecule has 0 aliphatic heterocycles. The van der Waals surface area contributed by atoms with Crippen LogP contribution in [-0.2, 0) is 6.54 Å². The van der Waals surface area contributed by atoms with Gasteiger partial charge in [-0.25, -0.2) is 4.79 Å². The summed E-state index contributed by atoms with van der Waals surface area (Å²) in [4.78, 5) is 23.5. The van der Waals surface area contributed by atoms with Gasteiger partial charge in [-0.3, -0.25) is 4.79 Å². The zero-order valence-corrected chi connectivity index (χ0v) is 12.5. The molecule has 2 rings (SSSR count). The molecule has 0 amide bonds. The third kappa shape index (κ3) is 2.89. The van der Waals surface area contributed by atoms with Gasteiger partial charge in [-0.05, 0) is 44.0 Å². The molecule has 0 aliphatic rings. The molecule has 1 heterocycles. The molecular formula is C17H19NO3. The average Bonchev–Trinajstić information content (AvgIpc) is 2.43. The van der Waals surface area contributed by atoms with Gasteiger partial charge in [-0.1, -0.05) is 24.6 Å². The second-order valence-electron chi connectivity index (χ2n) is 5.21. The lowest BCUT2D eigenvalue weighted by Crippen LogP contribution is -2.27. The predicted molar refractivity (Wildman–Crippen MR) is 82.9 cm³/mol. The Kier molecular flexibility index (Phi) is 4.26. The Balaban J connectivity index is 2.74. The van der Waals surface area contributed by atoms with E-state index in [0.29, 0.717) is 6.54 Å². The van der Waals surface area contributed by atoms with Crippen LogP contribution in [0.15, 0.2) is 35.1 Å². The highest BCUT2D eigenvalue weighted by Crippen LogP contribution is 2.24. The molecule has 4 nitrogen and oxygen atoms in total. The zero-order chi connectivity index (χ0) is 15.6. The van der Waals surface area contributed by atoms with Crippen molar-refractivity contribution in [3.63, 3.8) is 0 Å². The lowest BCUT2D eigenvalue weighted by Gasteiger charge is -2.15. The molecule has 1 aromatic carbocycles. The SMILES string of the molecule is CCCn1c(-c2cc(C)ccc2C)ccc(C(=O)O)c1=O. The molecule has 1 N–H and O–H groups in total. The van der Waals surface area contributed by atoms with Gasteiger partial charge >= 0.3 is 5.97 Å². The fourth-order valence-electron chi connectivity index (χ4n) is 2.43. The molecule has 110 valence electrons. The van der Waals surface area contributed by atoms with Crippen molar-refractivity contribution in [1.29, 1.82) is 0 Å². The van der Waals surface area contributed by atoms with Crippen molar-refractivity contribution in [2.75, 3.05) is 0 Å². The number of aromatic carboxylic acids is 1. The van der Waals surface area contributed by atoms with E-state index in [-0.39, 0.29) is 5.56 Å². The largest absolute Gasteiger partial charge is 0.477 e. The van der Waals surface area contributed by atoms with E-state index >= 15 is 0 Å². The van der Waals surface area contributed by atoms with Crippen LogP contribution in [0.3, 0.4) is 0 Å². The summed E-state index contributed by atoms with van der Waals surface area (Å²) < 4.78 is 1.56. The number of carboxylic acids is 1. The van der Waals surface area contributed by atoms with Crippen LogP contribution >= 0.6 is 0 Å². The van der Waals surface area contributed by atoms with Crippen molar-refractivity contribution in [3.05, 3.63) is 57.4 Å².